The highest BCUT2D eigenvalue weighted by molar-refractivity contribution is 5.92. The van der Waals surface area contributed by atoms with Crippen molar-refractivity contribution >= 4 is 12.0 Å². The second-order valence-corrected chi connectivity index (χ2v) is 5.34. The predicted molar refractivity (Wildman–Crippen MR) is 91.5 cm³/mol. The normalized spacial score (nSPS) is 12.0. The summed E-state index contributed by atoms with van der Waals surface area (Å²) in [5.41, 5.74) is 0.961. The molecular weight excluding hydrogens is 328 g/mol. The van der Waals surface area contributed by atoms with Gasteiger partial charge in [0, 0.05) is 17.7 Å². The topological polar surface area (TPSA) is 47.6 Å². The summed E-state index contributed by atoms with van der Waals surface area (Å²) in [6, 6.07) is 7.89. The van der Waals surface area contributed by atoms with Gasteiger partial charge >= 0.3 is 0 Å². The molecule has 132 valence electrons. The van der Waals surface area contributed by atoms with Crippen LogP contribution in [0.2, 0.25) is 0 Å². The minimum absolute atomic E-state index is 0.217. The van der Waals surface area contributed by atoms with Crippen LogP contribution in [0.3, 0.4) is 0 Å². The van der Waals surface area contributed by atoms with E-state index in [1.54, 1.807) is 31.2 Å². The molecule has 0 aliphatic carbocycles. The lowest BCUT2D eigenvalue weighted by molar-refractivity contribution is -0.117. The SMILES string of the molecule is COc1ccc(/C=C/C(=O)NC(C)c2ccc(F)cc2F)cc1OC. The first kappa shape index (κ1) is 18.4. The first-order valence-electron chi connectivity index (χ1n) is 7.60. The lowest BCUT2D eigenvalue weighted by Crippen LogP contribution is -2.25. The molecule has 1 atom stereocenters. The van der Waals surface area contributed by atoms with E-state index in [0.29, 0.717) is 11.5 Å². The van der Waals surface area contributed by atoms with E-state index in [4.69, 9.17) is 9.47 Å². The molecule has 2 aromatic rings. The third-order valence-corrected chi connectivity index (χ3v) is 3.62. The second kappa shape index (κ2) is 8.28. The van der Waals surface area contributed by atoms with Crippen molar-refractivity contribution in [3.8, 4) is 11.5 Å². The molecule has 0 radical (unpaired) electrons. The largest absolute Gasteiger partial charge is 0.493 e. The van der Waals surface area contributed by atoms with Crippen LogP contribution in [-0.4, -0.2) is 20.1 Å². The van der Waals surface area contributed by atoms with E-state index in [1.165, 1.54) is 26.4 Å². The van der Waals surface area contributed by atoms with Gasteiger partial charge in [0.05, 0.1) is 20.3 Å². The number of carbonyl (C=O) groups excluding carboxylic acids is 1. The van der Waals surface area contributed by atoms with Gasteiger partial charge in [0.15, 0.2) is 11.5 Å². The molecule has 1 unspecified atom stereocenters. The quantitative estimate of drug-likeness (QED) is 0.807. The predicted octanol–water partition coefficient (Wildman–Crippen LogP) is 3.87. The minimum Gasteiger partial charge on any atom is -0.493 e. The highest BCUT2D eigenvalue weighted by atomic mass is 19.1. The van der Waals surface area contributed by atoms with E-state index in [0.717, 1.165) is 17.7 Å². The molecule has 0 bridgehead atoms. The molecule has 4 nitrogen and oxygen atoms in total. The van der Waals surface area contributed by atoms with Crippen LogP contribution in [-0.2, 0) is 4.79 Å². The van der Waals surface area contributed by atoms with Gasteiger partial charge in [0.1, 0.15) is 11.6 Å². The number of carbonyl (C=O) groups is 1. The Bertz CT molecular complexity index is 790. The number of methoxy groups -OCH3 is 2. The molecule has 0 spiro atoms. The summed E-state index contributed by atoms with van der Waals surface area (Å²) in [4.78, 5) is 12.0. The zero-order valence-electron chi connectivity index (χ0n) is 14.2. The summed E-state index contributed by atoms with van der Waals surface area (Å²) >= 11 is 0. The maximum absolute atomic E-state index is 13.7. The summed E-state index contributed by atoms with van der Waals surface area (Å²) in [6.45, 7) is 1.62. The van der Waals surface area contributed by atoms with Crippen LogP contribution >= 0.6 is 0 Å². The Morgan fingerprint density at radius 3 is 2.44 bits per heavy atom. The Hall–Kier alpha value is -2.89. The highest BCUT2D eigenvalue weighted by Crippen LogP contribution is 2.28. The van der Waals surface area contributed by atoms with Crippen LogP contribution < -0.4 is 14.8 Å². The third kappa shape index (κ3) is 4.79. The van der Waals surface area contributed by atoms with Gasteiger partial charge in [-0.15, -0.1) is 0 Å². The summed E-state index contributed by atoms with van der Waals surface area (Å²) in [5, 5.41) is 2.63. The van der Waals surface area contributed by atoms with Gasteiger partial charge in [-0.25, -0.2) is 8.78 Å². The molecule has 0 aliphatic rings. The van der Waals surface area contributed by atoms with E-state index in [9.17, 15) is 13.6 Å². The number of ether oxygens (including phenoxy) is 2. The van der Waals surface area contributed by atoms with E-state index in [1.807, 2.05) is 0 Å². The van der Waals surface area contributed by atoms with E-state index in [2.05, 4.69) is 5.32 Å². The van der Waals surface area contributed by atoms with Crippen LogP contribution in [0.1, 0.15) is 24.1 Å². The van der Waals surface area contributed by atoms with Gasteiger partial charge in [0.25, 0.3) is 0 Å². The summed E-state index contributed by atoms with van der Waals surface area (Å²) in [7, 11) is 3.06. The molecule has 1 N–H and O–H groups in total. The van der Waals surface area contributed by atoms with Crippen molar-refractivity contribution in [3.63, 3.8) is 0 Å². The minimum atomic E-state index is -0.698. The number of amides is 1. The number of halogens is 2. The summed E-state index contributed by atoms with van der Waals surface area (Å²) in [5.74, 6) is -0.618. The number of hydrogen-bond donors (Lipinski definition) is 1. The Labute approximate surface area is 145 Å². The second-order valence-electron chi connectivity index (χ2n) is 5.34. The number of benzene rings is 2. The molecule has 0 saturated heterocycles. The number of rotatable bonds is 6. The molecule has 0 heterocycles. The fourth-order valence-corrected chi connectivity index (χ4v) is 2.32. The van der Waals surface area contributed by atoms with Crippen molar-refractivity contribution in [2.24, 2.45) is 0 Å². The lowest BCUT2D eigenvalue weighted by Gasteiger charge is -2.13. The molecule has 0 fully saturated rings. The number of hydrogen-bond acceptors (Lipinski definition) is 3. The standard InChI is InChI=1S/C19H19F2NO3/c1-12(15-7-6-14(20)11-16(15)21)22-19(23)9-5-13-4-8-17(24-2)18(10-13)25-3/h4-12H,1-3H3,(H,22,23)/b9-5+. The monoisotopic (exact) mass is 347 g/mol. The average molecular weight is 347 g/mol. The summed E-state index contributed by atoms with van der Waals surface area (Å²) < 4.78 is 37.0. The zero-order valence-corrected chi connectivity index (χ0v) is 14.2. The first-order chi connectivity index (χ1) is 11.9. The van der Waals surface area contributed by atoms with Gasteiger partial charge in [-0.05, 0) is 36.8 Å². The molecule has 1 amide bonds. The molecule has 0 aromatic heterocycles. The van der Waals surface area contributed by atoms with Gasteiger partial charge in [-0.1, -0.05) is 12.1 Å². The Morgan fingerprint density at radius 1 is 1.08 bits per heavy atom. The molecule has 0 saturated carbocycles. The Kier molecular flexibility index (Phi) is 6.11. The Morgan fingerprint density at radius 2 is 1.80 bits per heavy atom. The van der Waals surface area contributed by atoms with E-state index < -0.39 is 23.6 Å². The Balaban J connectivity index is 2.05. The fraction of sp³-hybridized carbons (Fsp3) is 0.211. The van der Waals surface area contributed by atoms with Crippen molar-refractivity contribution in [2.75, 3.05) is 14.2 Å². The van der Waals surface area contributed by atoms with Crippen LogP contribution in [0.15, 0.2) is 42.5 Å². The average Bonchev–Trinajstić information content (AvgIpc) is 2.59. The van der Waals surface area contributed by atoms with Gasteiger partial charge in [0.2, 0.25) is 5.91 Å². The van der Waals surface area contributed by atoms with Crippen LogP contribution in [0.5, 0.6) is 11.5 Å². The third-order valence-electron chi connectivity index (χ3n) is 3.62. The first-order valence-corrected chi connectivity index (χ1v) is 7.60. The molecule has 2 aromatic carbocycles. The van der Waals surface area contributed by atoms with Crippen LogP contribution in [0.25, 0.3) is 6.08 Å². The maximum atomic E-state index is 13.7. The number of nitrogens with one attached hydrogen (secondary N) is 1. The molecule has 25 heavy (non-hydrogen) atoms. The molecule has 0 aliphatic heterocycles. The zero-order chi connectivity index (χ0) is 18.4. The smallest absolute Gasteiger partial charge is 0.244 e. The van der Waals surface area contributed by atoms with Crippen molar-refractivity contribution in [3.05, 3.63) is 65.2 Å². The molecule has 6 heteroatoms. The van der Waals surface area contributed by atoms with Crippen molar-refractivity contribution in [1.82, 2.24) is 5.32 Å². The van der Waals surface area contributed by atoms with E-state index in [-0.39, 0.29) is 5.56 Å². The molecule has 2 rings (SSSR count). The van der Waals surface area contributed by atoms with Crippen LogP contribution in [0.4, 0.5) is 8.78 Å². The van der Waals surface area contributed by atoms with Crippen molar-refractivity contribution in [1.29, 1.82) is 0 Å². The molecular formula is C19H19F2NO3. The van der Waals surface area contributed by atoms with E-state index >= 15 is 0 Å². The summed E-state index contributed by atoms with van der Waals surface area (Å²) in [6.07, 6.45) is 2.93. The van der Waals surface area contributed by atoms with Crippen molar-refractivity contribution in [2.45, 2.75) is 13.0 Å². The van der Waals surface area contributed by atoms with Crippen LogP contribution in [0, 0.1) is 11.6 Å². The van der Waals surface area contributed by atoms with Gasteiger partial charge in [-0.3, -0.25) is 4.79 Å². The maximum Gasteiger partial charge on any atom is 0.244 e. The van der Waals surface area contributed by atoms with Gasteiger partial charge < -0.3 is 14.8 Å². The highest BCUT2D eigenvalue weighted by Gasteiger charge is 2.13. The fourth-order valence-electron chi connectivity index (χ4n) is 2.32. The van der Waals surface area contributed by atoms with Gasteiger partial charge in [-0.2, -0.15) is 0 Å². The lowest BCUT2D eigenvalue weighted by atomic mass is 10.1. The van der Waals surface area contributed by atoms with Crippen molar-refractivity contribution < 1.29 is 23.0 Å².